The van der Waals surface area contributed by atoms with Crippen molar-refractivity contribution in [1.29, 1.82) is 0 Å². The van der Waals surface area contributed by atoms with Crippen molar-refractivity contribution in [1.82, 2.24) is 0 Å². The lowest BCUT2D eigenvalue weighted by atomic mass is 10.0. The summed E-state index contributed by atoms with van der Waals surface area (Å²) in [5.74, 6) is -0.338. The summed E-state index contributed by atoms with van der Waals surface area (Å²) in [6, 6.07) is 9.89. The van der Waals surface area contributed by atoms with Crippen molar-refractivity contribution in [2.24, 2.45) is 10.9 Å². The van der Waals surface area contributed by atoms with Crippen LogP contribution in [0.4, 0.5) is 10.1 Å². The van der Waals surface area contributed by atoms with Crippen LogP contribution >= 0.6 is 11.6 Å². The van der Waals surface area contributed by atoms with Gasteiger partial charge in [-0.15, -0.1) is 0 Å². The number of oxime groups is 1. The molecule has 0 atom stereocenters. The zero-order chi connectivity index (χ0) is 15.4. The van der Waals surface area contributed by atoms with E-state index in [4.69, 9.17) is 22.5 Å². The van der Waals surface area contributed by atoms with E-state index in [0.717, 1.165) is 11.1 Å². The number of halogens is 2. The Morgan fingerprint density at radius 1 is 1.33 bits per heavy atom. The highest BCUT2D eigenvalue weighted by Crippen LogP contribution is 2.20. The quantitative estimate of drug-likeness (QED) is 0.350. The van der Waals surface area contributed by atoms with E-state index >= 15 is 0 Å². The Morgan fingerprint density at radius 2 is 2.10 bits per heavy atom. The van der Waals surface area contributed by atoms with Crippen molar-refractivity contribution in [3.63, 3.8) is 0 Å². The van der Waals surface area contributed by atoms with Crippen LogP contribution in [0.15, 0.2) is 41.6 Å². The molecule has 0 aliphatic rings. The lowest BCUT2D eigenvalue weighted by molar-refractivity contribution is 0.318. The Kier molecular flexibility index (Phi) is 4.65. The Hall–Kier alpha value is -2.27. The van der Waals surface area contributed by atoms with Gasteiger partial charge in [-0.05, 0) is 42.3 Å². The monoisotopic (exact) mass is 307 g/mol. The molecule has 110 valence electrons. The zero-order valence-electron chi connectivity index (χ0n) is 11.4. The molecule has 0 bridgehead atoms. The van der Waals surface area contributed by atoms with Crippen molar-refractivity contribution < 1.29 is 9.60 Å². The highest BCUT2D eigenvalue weighted by atomic mass is 35.5. The van der Waals surface area contributed by atoms with Crippen molar-refractivity contribution >= 4 is 23.1 Å². The van der Waals surface area contributed by atoms with Crippen LogP contribution in [0.5, 0.6) is 0 Å². The van der Waals surface area contributed by atoms with Gasteiger partial charge in [0.2, 0.25) is 0 Å². The largest absolute Gasteiger partial charge is 0.409 e. The highest BCUT2D eigenvalue weighted by Gasteiger charge is 2.06. The van der Waals surface area contributed by atoms with Crippen molar-refractivity contribution in [3.05, 3.63) is 63.9 Å². The summed E-state index contributed by atoms with van der Waals surface area (Å²) >= 11 is 5.71. The van der Waals surface area contributed by atoms with Crippen molar-refractivity contribution in [2.75, 3.05) is 5.32 Å². The van der Waals surface area contributed by atoms with Gasteiger partial charge >= 0.3 is 0 Å². The summed E-state index contributed by atoms with van der Waals surface area (Å²) in [5.41, 5.74) is 8.50. The van der Waals surface area contributed by atoms with Gasteiger partial charge in [-0.3, -0.25) is 0 Å². The van der Waals surface area contributed by atoms with Crippen LogP contribution < -0.4 is 11.1 Å². The normalized spacial score (nSPS) is 11.5. The lowest BCUT2D eigenvalue weighted by Gasteiger charge is -2.11. The lowest BCUT2D eigenvalue weighted by Crippen LogP contribution is -2.13. The number of aryl methyl sites for hydroxylation is 1. The summed E-state index contributed by atoms with van der Waals surface area (Å²) in [6.07, 6.45) is 0. The first-order chi connectivity index (χ1) is 10.0. The first-order valence-corrected chi connectivity index (χ1v) is 6.65. The fraction of sp³-hybridized carbons (Fsp3) is 0.133. The summed E-state index contributed by atoms with van der Waals surface area (Å²) in [5, 5.41) is 15.0. The molecule has 4 N–H and O–H groups in total. The van der Waals surface area contributed by atoms with Crippen LogP contribution in [0.3, 0.4) is 0 Å². The van der Waals surface area contributed by atoms with Crippen LogP contribution in [0.25, 0.3) is 0 Å². The molecule has 0 aliphatic heterocycles. The Balaban J connectivity index is 2.13. The molecule has 0 aliphatic carbocycles. The highest BCUT2D eigenvalue weighted by molar-refractivity contribution is 6.30. The molecule has 0 fully saturated rings. The Morgan fingerprint density at radius 3 is 2.71 bits per heavy atom. The molecule has 0 radical (unpaired) electrons. The fourth-order valence-electron chi connectivity index (χ4n) is 1.93. The van der Waals surface area contributed by atoms with Gasteiger partial charge in [0.15, 0.2) is 5.84 Å². The second kappa shape index (κ2) is 6.45. The molecule has 4 nitrogen and oxygen atoms in total. The van der Waals surface area contributed by atoms with Gasteiger partial charge in [0.25, 0.3) is 0 Å². The molecule has 0 aromatic heterocycles. The van der Waals surface area contributed by atoms with Crippen LogP contribution in [-0.4, -0.2) is 11.0 Å². The number of nitrogens with one attached hydrogen (secondary N) is 1. The number of benzene rings is 2. The summed E-state index contributed by atoms with van der Waals surface area (Å²) in [4.78, 5) is 0. The van der Waals surface area contributed by atoms with Gasteiger partial charge in [-0.1, -0.05) is 28.9 Å². The van der Waals surface area contributed by atoms with E-state index in [1.54, 1.807) is 18.2 Å². The topological polar surface area (TPSA) is 70.6 Å². The second-order valence-electron chi connectivity index (χ2n) is 4.60. The van der Waals surface area contributed by atoms with Crippen LogP contribution in [0.2, 0.25) is 5.02 Å². The Labute approximate surface area is 127 Å². The Bertz CT molecular complexity index is 689. The third-order valence-corrected chi connectivity index (χ3v) is 3.38. The van der Waals surface area contributed by atoms with Gasteiger partial charge < -0.3 is 16.3 Å². The maximum atomic E-state index is 13.7. The van der Waals surface area contributed by atoms with E-state index in [1.165, 1.54) is 6.07 Å². The predicted octanol–water partition coefficient (Wildman–Crippen LogP) is 3.49. The van der Waals surface area contributed by atoms with Gasteiger partial charge in [-0.25, -0.2) is 4.39 Å². The number of rotatable bonds is 4. The molecule has 2 aromatic carbocycles. The SMILES string of the molecule is Cc1cc(/C(N)=N/O)ccc1CNc1ccc(Cl)cc1F. The minimum Gasteiger partial charge on any atom is -0.409 e. The fourth-order valence-corrected chi connectivity index (χ4v) is 2.09. The summed E-state index contributed by atoms with van der Waals surface area (Å²) < 4.78 is 13.7. The maximum absolute atomic E-state index is 13.7. The molecule has 0 unspecified atom stereocenters. The van der Waals surface area contributed by atoms with Crippen LogP contribution in [-0.2, 0) is 6.54 Å². The molecule has 0 amide bonds. The standard InChI is InChI=1S/C15H15ClFN3O/c1-9-6-10(15(18)20-21)2-3-11(9)8-19-14-5-4-12(16)7-13(14)17/h2-7,19,21H,8H2,1H3,(H2,18,20). The number of nitrogens with zero attached hydrogens (tertiary/aromatic N) is 1. The molecule has 0 saturated carbocycles. The zero-order valence-corrected chi connectivity index (χ0v) is 12.2. The van der Waals surface area contributed by atoms with E-state index in [1.807, 2.05) is 19.1 Å². The molecule has 21 heavy (non-hydrogen) atoms. The summed E-state index contributed by atoms with van der Waals surface area (Å²) in [7, 11) is 0. The van der Waals surface area contributed by atoms with Gasteiger partial charge in [0, 0.05) is 17.1 Å². The molecular formula is C15H15ClFN3O. The third-order valence-electron chi connectivity index (χ3n) is 3.15. The molecule has 0 saturated heterocycles. The number of anilines is 1. The van der Waals surface area contributed by atoms with Gasteiger partial charge in [0.1, 0.15) is 5.82 Å². The molecule has 0 spiro atoms. The maximum Gasteiger partial charge on any atom is 0.170 e. The van der Waals surface area contributed by atoms with Crippen LogP contribution in [0, 0.1) is 12.7 Å². The predicted molar refractivity (Wildman–Crippen MR) is 82.4 cm³/mol. The van der Waals surface area contributed by atoms with E-state index in [0.29, 0.717) is 22.8 Å². The smallest absolute Gasteiger partial charge is 0.170 e. The van der Waals surface area contributed by atoms with E-state index in [-0.39, 0.29) is 5.84 Å². The van der Waals surface area contributed by atoms with Crippen LogP contribution in [0.1, 0.15) is 16.7 Å². The van der Waals surface area contributed by atoms with E-state index in [2.05, 4.69) is 10.5 Å². The number of amidine groups is 1. The molecule has 6 heteroatoms. The van der Waals surface area contributed by atoms with E-state index < -0.39 is 5.82 Å². The van der Waals surface area contributed by atoms with Gasteiger partial charge in [0.05, 0.1) is 5.69 Å². The minimum atomic E-state index is -0.395. The van der Waals surface area contributed by atoms with Crippen molar-refractivity contribution in [2.45, 2.75) is 13.5 Å². The molecule has 0 heterocycles. The molecule has 2 aromatic rings. The first-order valence-electron chi connectivity index (χ1n) is 6.27. The summed E-state index contributed by atoms with van der Waals surface area (Å²) in [6.45, 7) is 2.37. The molecule has 2 rings (SSSR count). The van der Waals surface area contributed by atoms with Gasteiger partial charge in [-0.2, -0.15) is 0 Å². The second-order valence-corrected chi connectivity index (χ2v) is 5.04. The van der Waals surface area contributed by atoms with E-state index in [9.17, 15) is 4.39 Å². The number of hydrogen-bond acceptors (Lipinski definition) is 3. The number of nitrogens with two attached hydrogens (primary N) is 1. The first kappa shape index (κ1) is 15.1. The van der Waals surface area contributed by atoms with Crippen molar-refractivity contribution in [3.8, 4) is 0 Å². The molecular weight excluding hydrogens is 293 g/mol. The average Bonchev–Trinajstić information content (AvgIpc) is 2.46. The minimum absolute atomic E-state index is 0.0568. The average molecular weight is 308 g/mol. The third kappa shape index (κ3) is 3.64. The number of hydrogen-bond donors (Lipinski definition) is 3.